The molecule has 20 heavy (non-hydrogen) atoms. The zero-order valence-corrected chi connectivity index (χ0v) is 14.1. The zero-order valence-electron chi connectivity index (χ0n) is 12.5. The molecule has 108 valence electrons. The lowest BCUT2D eigenvalue weighted by atomic mass is 9.93. The summed E-state index contributed by atoms with van der Waals surface area (Å²) in [4.78, 5) is 0. The van der Waals surface area contributed by atoms with E-state index >= 15 is 0 Å². The number of nitrogens with two attached hydrogens (primary N) is 1. The number of furan rings is 1. The molecule has 4 heteroatoms. The van der Waals surface area contributed by atoms with Gasteiger partial charge in [-0.3, -0.25) is 0 Å². The van der Waals surface area contributed by atoms with Gasteiger partial charge in [0.15, 0.2) is 0 Å². The van der Waals surface area contributed by atoms with Gasteiger partial charge in [0.1, 0.15) is 17.3 Å². The van der Waals surface area contributed by atoms with Gasteiger partial charge in [-0.25, -0.2) is 0 Å². The van der Waals surface area contributed by atoms with Crippen LogP contribution in [-0.4, -0.2) is 7.11 Å². The molecule has 0 saturated carbocycles. The van der Waals surface area contributed by atoms with E-state index in [9.17, 15) is 0 Å². The summed E-state index contributed by atoms with van der Waals surface area (Å²) in [6, 6.07) is 3.78. The molecule has 1 aromatic heterocycles. The van der Waals surface area contributed by atoms with Crippen LogP contribution in [0.3, 0.4) is 0 Å². The summed E-state index contributed by atoms with van der Waals surface area (Å²) in [6.45, 7) is 7.94. The number of methoxy groups -OCH3 is 1. The van der Waals surface area contributed by atoms with Crippen molar-refractivity contribution in [2.24, 2.45) is 5.73 Å². The molecule has 0 amide bonds. The van der Waals surface area contributed by atoms with E-state index in [-0.39, 0.29) is 6.04 Å². The first-order valence-electron chi connectivity index (χ1n) is 6.52. The highest BCUT2D eigenvalue weighted by molar-refractivity contribution is 9.10. The summed E-state index contributed by atoms with van der Waals surface area (Å²) >= 11 is 3.59. The normalized spacial score (nSPS) is 12.6. The highest BCUT2D eigenvalue weighted by atomic mass is 79.9. The molecule has 1 heterocycles. The molecule has 0 aliphatic heterocycles. The van der Waals surface area contributed by atoms with Gasteiger partial charge in [0.05, 0.1) is 13.2 Å². The Morgan fingerprint density at radius 2 is 1.85 bits per heavy atom. The highest BCUT2D eigenvalue weighted by Crippen LogP contribution is 2.39. The van der Waals surface area contributed by atoms with Crippen LogP contribution < -0.4 is 10.5 Å². The fraction of sp³-hybridized carbons (Fsp3) is 0.375. The Balaban J connectivity index is 2.65. The molecule has 3 nitrogen and oxygen atoms in total. The van der Waals surface area contributed by atoms with Crippen LogP contribution >= 0.6 is 15.9 Å². The summed E-state index contributed by atoms with van der Waals surface area (Å²) in [6.07, 6.45) is 0. The van der Waals surface area contributed by atoms with E-state index in [1.165, 1.54) is 0 Å². The van der Waals surface area contributed by atoms with E-state index in [4.69, 9.17) is 14.9 Å². The first-order chi connectivity index (χ1) is 9.36. The standard InChI is InChI=1S/C16H20BrNO2/c1-8-6-13(17)10(3)14(16(8)19-5)15(18)12-7-9(2)20-11(12)4/h6-7,15H,18H2,1-5H3. The van der Waals surface area contributed by atoms with Crippen molar-refractivity contribution in [1.29, 1.82) is 0 Å². The number of benzene rings is 1. The van der Waals surface area contributed by atoms with Gasteiger partial charge in [-0.1, -0.05) is 15.9 Å². The fourth-order valence-electron chi connectivity index (χ4n) is 2.64. The lowest BCUT2D eigenvalue weighted by Gasteiger charge is -2.21. The van der Waals surface area contributed by atoms with Gasteiger partial charge in [0.25, 0.3) is 0 Å². The maximum absolute atomic E-state index is 6.48. The lowest BCUT2D eigenvalue weighted by molar-refractivity contribution is 0.403. The molecule has 1 aromatic carbocycles. The van der Waals surface area contributed by atoms with Gasteiger partial charge < -0.3 is 14.9 Å². The number of halogens is 1. The second-order valence-corrected chi connectivity index (χ2v) is 5.95. The molecule has 1 atom stereocenters. The van der Waals surface area contributed by atoms with Gasteiger partial charge >= 0.3 is 0 Å². The average molecular weight is 338 g/mol. The summed E-state index contributed by atoms with van der Waals surface area (Å²) in [7, 11) is 1.68. The quantitative estimate of drug-likeness (QED) is 0.906. The molecule has 2 rings (SSSR count). The number of hydrogen-bond donors (Lipinski definition) is 1. The van der Waals surface area contributed by atoms with E-state index in [1.807, 2.05) is 33.8 Å². The van der Waals surface area contributed by atoms with E-state index < -0.39 is 0 Å². The predicted molar refractivity (Wildman–Crippen MR) is 84.4 cm³/mol. The molecule has 0 fully saturated rings. The molecule has 0 radical (unpaired) electrons. The minimum atomic E-state index is -0.265. The SMILES string of the molecule is COc1c(C)cc(Br)c(C)c1C(N)c1cc(C)oc1C. The number of ether oxygens (including phenoxy) is 1. The predicted octanol–water partition coefficient (Wildman–Crippen LogP) is 4.33. The summed E-state index contributed by atoms with van der Waals surface area (Å²) in [5.74, 6) is 2.57. The molecule has 2 N–H and O–H groups in total. The fourth-order valence-corrected chi connectivity index (χ4v) is 3.19. The maximum atomic E-state index is 6.48. The third-order valence-corrected chi connectivity index (χ3v) is 4.46. The summed E-state index contributed by atoms with van der Waals surface area (Å²) < 4.78 is 12.2. The van der Waals surface area contributed by atoms with Gasteiger partial charge in [0, 0.05) is 15.6 Å². The minimum Gasteiger partial charge on any atom is -0.496 e. The molecule has 0 aliphatic rings. The van der Waals surface area contributed by atoms with Gasteiger partial charge in [0.2, 0.25) is 0 Å². The molecule has 1 unspecified atom stereocenters. The molecule has 0 saturated heterocycles. The van der Waals surface area contributed by atoms with Crippen LogP contribution in [0, 0.1) is 27.7 Å². The largest absolute Gasteiger partial charge is 0.496 e. The molecule has 0 bridgehead atoms. The number of aryl methyl sites for hydroxylation is 3. The van der Waals surface area contributed by atoms with Gasteiger partial charge in [-0.05, 0) is 51.0 Å². The van der Waals surface area contributed by atoms with Crippen molar-refractivity contribution in [2.75, 3.05) is 7.11 Å². The van der Waals surface area contributed by atoms with Crippen molar-refractivity contribution in [2.45, 2.75) is 33.7 Å². The van der Waals surface area contributed by atoms with Crippen LogP contribution in [0.4, 0.5) is 0 Å². The smallest absolute Gasteiger partial charge is 0.127 e. The first kappa shape index (κ1) is 15.1. The third kappa shape index (κ3) is 2.50. The second-order valence-electron chi connectivity index (χ2n) is 5.09. The van der Waals surface area contributed by atoms with Crippen LogP contribution in [0.15, 0.2) is 21.0 Å². The maximum Gasteiger partial charge on any atom is 0.127 e. The summed E-state index contributed by atoms with van der Waals surface area (Å²) in [5.41, 5.74) is 10.6. The van der Waals surface area contributed by atoms with Crippen molar-refractivity contribution in [1.82, 2.24) is 0 Å². The van der Waals surface area contributed by atoms with Gasteiger partial charge in [-0.2, -0.15) is 0 Å². The molecule has 2 aromatic rings. The zero-order chi connectivity index (χ0) is 15.0. The van der Waals surface area contributed by atoms with Gasteiger partial charge in [-0.15, -0.1) is 0 Å². The van der Waals surface area contributed by atoms with Crippen LogP contribution in [0.5, 0.6) is 5.75 Å². The number of rotatable bonds is 3. The Hall–Kier alpha value is -1.26. The Morgan fingerprint density at radius 1 is 1.20 bits per heavy atom. The molecular formula is C16H20BrNO2. The number of hydrogen-bond acceptors (Lipinski definition) is 3. The highest BCUT2D eigenvalue weighted by Gasteiger charge is 2.23. The Kier molecular flexibility index (Phi) is 4.25. The third-order valence-electron chi connectivity index (χ3n) is 3.64. The first-order valence-corrected chi connectivity index (χ1v) is 7.32. The van der Waals surface area contributed by atoms with Crippen LogP contribution in [0.1, 0.15) is 39.8 Å². The van der Waals surface area contributed by atoms with E-state index in [0.29, 0.717) is 0 Å². The lowest BCUT2D eigenvalue weighted by Crippen LogP contribution is -2.16. The van der Waals surface area contributed by atoms with Crippen molar-refractivity contribution in [3.63, 3.8) is 0 Å². The van der Waals surface area contributed by atoms with Crippen LogP contribution in [0.2, 0.25) is 0 Å². The van der Waals surface area contributed by atoms with E-state index in [0.717, 1.165) is 44.0 Å². The van der Waals surface area contributed by atoms with E-state index in [2.05, 4.69) is 22.0 Å². The van der Waals surface area contributed by atoms with Crippen LogP contribution in [0.25, 0.3) is 0 Å². The average Bonchev–Trinajstić information content (AvgIpc) is 2.71. The minimum absolute atomic E-state index is 0.265. The Bertz CT molecular complexity index is 646. The van der Waals surface area contributed by atoms with Crippen molar-refractivity contribution >= 4 is 15.9 Å². The Labute approximate surface area is 128 Å². The molecule has 0 spiro atoms. The van der Waals surface area contributed by atoms with Crippen molar-refractivity contribution in [3.05, 3.63) is 50.4 Å². The molecular weight excluding hydrogens is 318 g/mol. The van der Waals surface area contributed by atoms with Crippen molar-refractivity contribution < 1.29 is 9.15 Å². The monoisotopic (exact) mass is 337 g/mol. The topological polar surface area (TPSA) is 48.4 Å². The molecule has 0 aliphatic carbocycles. The van der Waals surface area contributed by atoms with Crippen molar-refractivity contribution in [3.8, 4) is 5.75 Å². The van der Waals surface area contributed by atoms with Crippen LogP contribution in [-0.2, 0) is 0 Å². The second kappa shape index (κ2) is 5.62. The summed E-state index contributed by atoms with van der Waals surface area (Å²) in [5, 5.41) is 0. The Morgan fingerprint density at radius 3 is 2.35 bits per heavy atom. The van der Waals surface area contributed by atoms with E-state index in [1.54, 1.807) is 7.11 Å².